The minimum Gasteiger partial charge on any atom is -0.375 e. The van der Waals surface area contributed by atoms with Crippen LogP contribution in [0.5, 0.6) is 0 Å². The number of likely N-dealkylation sites (N-methyl/N-ethyl adjacent to an activating group) is 1. The number of piperazine rings is 1. The second-order valence-electron chi connectivity index (χ2n) is 26.6. The lowest BCUT2D eigenvalue weighted by Gasteiger charge is -2.49. The summed E-state index contributed by atoms with van der Waals surface area (Å²) in [5, 5.41) is 0. The Hall–Kier alpha value is -0.240. The standard InChI is InChI=1S/C13H28N2.C13H27N.C12H25NO.C12H25N.4CH4/c1-12(2,3)11-10-15(13(4,5)6)9-8-14(11)7;1-12(2,3)11-8-7-9-14(10-11)13(4,5)6;1-11(2,3)10-9-13(7-8-14-10)12(4,5)6;1-11(2,3)10-7-8-13(9-10)12(4,5)6;;;;/h11H,8-10H2,1-7H3;11H,7-10H2,1-6H3;10H,7-9H2,1-6H3;10H,7-9H2,1-6H3;4*1H4. The number of nitrogens with zero attached hydrogens (tertiary/aromatic N) is 5. The summed E-state index contributed by atoms with van der Waals surface area (Å²) in [7, 11) is 2.26. The third-order valence-electron chi connectivity index (χ3n) is 13.5. The summed E-state index contributed by atoms with van der Waals surface area (Å²) in [6, 6.07) is 0.672. The molecule has 0 bridgehead atoms. The molecule has 4 rings (SSSR count). The monoisotopic (exact) mass is 856 g/mol. The molecule has 4 atom stereocenters. The van der Waals surface area contributed by atoms with Crippen LogP contribution in [0.3, 0.4) is 0 Å². The largest absolute Gasteiger partial charge is 0.375 e. The highest BCUT2D eigenvalue weighted by atomic mass is 16.5. The molecule has 0 aliphatic carbocycles. The Labute approximate surface area is 383 Å². The molecule has 0 aromatic heterocycles. The number of rotatable bonds is 0. The minimum atomic E-state index is 0. The van der Waals surface area contributed by atoms with Gasteiger partial charge in [0.2, 0.25) is 0 Å². The van der Waals surface area contributed by atoms with Crippen molar-refractivity contribution >= 4 is 0 Å². The van der Waals surface area contributed by atoms with Crippen LogP contribution in [0.2, 0.25) is 0 Å². The summed E-state index contributed by atoms with van der Waals surface area (Å²) in [4.78, 5) is 12.9. The molecule has 4 aliphatic heterocycles. The molecule has 0 aromatic carbocycles. The Bertz CT molecular complexity index is 1000. The molecule has 0 radical (unpaired) electrons. The van der Waals surface area contributed by atoms with Crippen LogP contribution in [-0.2, 0) is 4.74 Å². The van der Waals surface area contributed by atoms with E-state index >= 15 is 0 Å². The summed E-state index contributed by atoms with van der Waals surface area (Å²) in [5.74, 6) is 1.75. The van der Waals surface area contributed by atoms with Gasteiger partial charge in [0.1, 0.15) is 0 Å². The number of piperidine rings is 1. The van der Waals surface area contributed by atoms with Gasteiger partial charge in [-0.05, 0) is 156 Å². The zero-order valence-corrected chi connectivity index (χ0v) is 43.1. The van der Waals surface area contributed by atoms with Crippen molar-refractivity contribution in [3.63, 3.8) is 0 Å². The molecular weight excluding hydrogens is 735 g/mol. The van der Waals surface area contributed by atoms with E-state index in [4.69, 9.17) is 4.74 Å². The van der Waals surface area contributed by atoms with Gasteiger partial charge in [-0.3, -0.25) is 19.6 Å². The maximum absolute atomic E-state index is 5.83. The van der Waals surface area contributed by atoms with Gasteiger partial charge >= 0.3 is 0 Å². The number of hydrogen-bond acceptors (Lipinski definition) is 6. The molecule has 0 aromatic rings. The maximum Gasteiger partial charge on any atom is 0.0750 e. The Balaban J connectivity index is -0.000000341. The van der Waals surface area contributed by atoms with Crippen molar-refractivity contribution in [3.8, 4) is 0 Å². The predicted molar refractivity (Wildman–Crippen MR) is 277 cm³/mol. The highest BCUT2D eigenvalue weighted by molar-refractivity contribution is 4.93. The van der Waals surface area contributed by atoms with E-state index in [1.165, 1.54) is 65.1 Å². The van der Waals surface area contributed by atoms with Crippen molar-refractivity contribution in [2.75, 3.05) is 72.6 Å². The van der Waals surface area contributed by atoms with Crippen molar-refractivity contribution in [2.45, 2.75) is 249 Å². The molecule has 0 saturated carbocycles. The number of ether oxygens (including phenoxy) is 1. The van der Waals surface area contributed by atoms with Crippen molar-refractivity contribution in [1.82, 2.24) is 24.5 Å². The van der Waals surface area contributed by atoms with Gasteiger partial charge in [-0.25, -0.2) is 0 Å². The van der Waals surface area contributed by atoms with Crippen LogP contribution in [0.15, 0.2) is 0 Å². The van der Waals surface area contributed by atoms with Crippen molar-refractivity contribution in [2.24, 2.45) is 33.5 Å². The molecule has 6 nitrogen and oxygen atoms in total. The van der Waals surface area contributed by atoms with Crippen molar-refractivity contribution < 1.29 is 4.74 Å². The summed E-state index contributed by atoms with van der Waals surface area (Å²) in [6.07, 6.45) is 4.53. The van der Waals surface area contributed by atoms with Gasteiger partial charge in [0, 0.05) is 74.0 Å². The second kappa shape index (κ2) is 24.9. The van der Waals surface area contributed by atoms with Gasteiger partial charge in [-0.2, -0.15) is 0 Å². The third kappa shape index (κ3) is 23.1. The average molecular weight is 857 g/mol. The lowest BCUT2D eigenvalue weighted by Crippen LogP contribution is -2.60. The number of hydrogen-bond donors (Lipinski definition) is 0. The van der Waals surface area contributed by atoms with Crippen LogP contribution < -0.4 is 0 Å². The molecule has 60 heavy (non-hydrogen) atoms. The van der Waals surface area contributed by atoms with Crippen LogP contribution in [0.1, 0.15) is 215 Å². The van der Waals surface area contributed by atoms with Crippen LogP contribution in [0, 0.1) is 33.5 Å². The van der Waals surface area contributed by atoms with Crippen LogP contribution in [-0.4, -0.2) is 131 Å². The molecule has 6 heteroatoms. The van der Waals surface area contributed by atoms with E-state index in [-0.39, 0.29) is 40.7 Å². The van der Waals surface area contributed by atoms with Crippen molar-refractivity contribution in [1.29, 1.82) is 0 Å². The normalized spacial score (nSPS) is 24.9. The summed E-state index contributed by atoms with van der Waals surface area (Å²) in [5.41, 5.74) is 2.88. The summed E-state index contributed by atoms with van der Waals surface area (Å²) < 4.78 is 5.83. The van der Waals surface area contributed by atoms with Gasteiger partial charge in [0.25, 0.3) is 0 Å². The highest BCUT2D eigenvalue weighted by Gasteiger charge is 2.38. The Morgan fingerprint density at radius 2 is 0.733 bits per heavy atom. The molecule has 4 saturated heterocycles. The van der Waals surface area contributed by atoms with E-state index in [1.54, 1.807) is 0 Å². The maximum atomic E-state index is 5.83. The van der Waals surface area contributed by atoms with Gasteiger partial charge < -0.3 is 9.64 Å². The fraction of sp³-hybridized carbons (Fsp3) is 1.00. The molecular formula is C54H121N5O. The van der Waals surface area contributed by atoms with Gasteiger partial charge in [0.15, 0.2) is 0 Å². The smallest absolute Gasteiger partial charge is 0.0750 e. The van der Waals surface area contributed by atoms with E-state index in [0.717, 1.165) is 31.5 Å². The second-order valence-corrected chi connectivity index (χ2v) is 26.6. The predicted octanol–water partition coefficient (Wildman–Crippen LogP) is 14.2. The van der Waals surface area contributed by atoms with E-state index < -0.39 is 0 Å². The average Bonchev–Trinajstić information content (AvgIpc) is 3.52. The molecule has 4 fully saturated rings. The topological polar surface area (TPSA) is 25.4 Å². The van der Waals surface area contributed by atoms with Gasteiger partial charge in [0.05, 0.1) is 12.7 Å². The first-order valence-corrected chi connectivity index (χ1v) is 23.1. The lowest BCUT2D eigenvalue weighted by atomic mass is 9.75. The fourth-order valence-corrected chi connectivity index (χ4v) is 8.57. The Morgan fingerprint density at radius 3 is 1.07 bits per heavy atom. The van der Waals surface area contributed by atoms with Crippen LogP contribution >= 0.6 is 0 Å². The van der Waals surface area contributed by atoms with Gasteiger partial charge in [-0.15, -0.1) is 0 Å². The number of likely N-dealkylation sites (tertiary alicyclic amines) is 2. The molecule has 0 amide bonds. The fourth-order valence-electron chi connectivity index (χ4n) is 8.57. The quantitative estimate of drug-likeness (QED) is 0.241. The highest BCUT2D eigenvalue weighted by Crippen LogP contribution is 2.37. The van der Waals surface area contributed by atoms with Crippen molar-refractivity contribution in [3.05, 3.63) is 0 Å². The van der Waals surface area contributed by atoms with E-state index in [0.29, 0.717) is 45.0 Å². The Kier molecular flexibility index (Phi) is 27.5. The minimum absolute atomic E-state index is 0. The lowest BCUT2D eigenvalue weighted by molar-refractivity contribution is -0.100. The van der Waals surface area contributed by atoms with E-state index in [9.17, 15) is 0 Å². The van der Waals surface area contributed by atoms with Gasteiger partial charge in [-0.1, -0.05) is 113 Å². The molecule has 0 spiro atoms. The van der Waals surface area contributed by atoms with E-state index in [2.05, 4.69) is 198 Å². The first-order valence-electron chi connectivity index (χ1n) is 23.1. The molecule has 368 valence electrons. The summed E-state index contributed by atoms with van der Waals surface area (Å²) >= 11 is 0. The molecule has 4 aliphatic rings. The molecule has 4 heterocycles. The molecule has 4 unspecified atom stereocenters. The zero-order chi connectivity index (χ0) is 44.1. The first-order chi connectivity index (χ1) is 24.8. The van der Waals surface area contributed by atoms with Crippen LogP contribution in [0.25, 0.3) is 0 Å². The first kappa shape index (κ1) is 66.4. The molecule has 0 N–H and O–H groups in total. The van der Waals surface area contributed by atoms with E-state index in [1.807, 2.05) is 0 Å². The third-order valence-corrected chi connectivity index (χ3v) is 13.5. The summed E-state index contributed by atoms with van der Waals surface area (Å²) in [6.45, 7) is 67.5. The van der Waals surface area contributed by atoms with Crippen LogP contribution in [0.4, 0.5) is 0 Å². The zero-order valence-electron chi connectivity index (χ0n) is 43.1. The SMILES string of the molecule is C.C.C.C.CC(C)(C)C1CCCN(C(C)(C)C)C1.CC(C)(C)C1CCN(C(C)(C)C)C1.CC(C)(C)C1CN(C(C)(C)C)CCO1.CN1CCN(C(C)(C)C)CC1C(C)(C)C. The number of morpholine rings is 1. The Morgan fingerprint density at radius 1 is 0.367 bits per heavy atom.